The molecule has 1 heterocycles. The molecule has 120 valence electrons. The van der Waals surface area contributed by atoms with Gasteiger partial charge >= 0.3 is 0 Å². The third-order valence-electron chi connectivity index (χ3n) is 3.96. The molecule has 2 unspecified atom stereocenters. The fourth-order valence-electron chi connectivity index (χ4n) is 2.78. The lowest BCUT2D eigenvalue weighted by Crippen LogP contribution is -2.42. The highest BCUT2D eigenvalue weighted by Crippen LogP contribution is 2.41. The lowest BCUT2D eigenvalue weighted by molar-refractivity contribution is -0.384. The number of benzene rings is 2. The molecule has 1 aliphatic heterocycles. The summed E-state index contributed by atoms with van der Waals surface area (Å²) < 4.78 is 12.1. The zero-order chi connectivity index (χ0) is 16.4. The Morgan fingerprint density at radius 1 is 1.22 bits per heavy atom. The summed E-state index contributed by atoms with van der Waals surface area (Å²) in [5.41, 5.74) is 7.04. The fraction of sp³-hybridized carbons (Fsp3) is 0.294. The normalized spacial score (nSPS) is 24.3. The molecular weight excluding hydrogens is 296 g/mol. The molecule has 0 spiro atoms. The van der Waals surface area contributed by atoms with Gasteiger partial charge in [0.05, 0.1) is 17.6 Å². The maximum atomic E-state index is 11.2. The first-order chi connectivity index (χ1) is 11.0. The summed E-state index contributed by atoms with van der Waals surface area (Å²) in [6.07, 6.45) is 0.742. The molecule has 0 radical (unpaired) electrons. The third kappa shape index (κ3) is 2.78. The van der Waals surface area contributed by atoms with Crippen molar-refractivity contribution < 1.29 is 14.4 Å². The number of rotatable bonds is 3. The van der Waals surface area contributed by atoms with E-state index in [0.29, 0.717) is 12.2 Å². The van der Waals surface area contributed by atoms with Gasteiger partial charge in [-0.05, 0) is 19.4 Å². The number of nitrogens with zero attached hydrogens (tertiary/aromatic N) is 1. The van der Waals surface area contributed by atoms with Crippen molar-refractivity contribution in [2.75, 3.05) is 12.3 Å². The average molecular weight is 314 g/mol. The molecule has 0 bridgehead atoms. The number of ether oxygens (including phenoxy) is 2. The highest BCUT2D eigenvalue weighted by Gasteiger charge is 2.42. The van der Waals surface area contributed by atoms with E-state index in [-0.39, 0.29) is 17.5 Å². The van der Waals surface area contributed by atoms with E-state index in [0.717, 1.165) is 12.0 Å². The van der Waals surface area contributed by atoms with Crippen LogP contribution in [0.15, 0.2) is 48.5 Å². The van der Waals surface area contributed by atoms with Crippen molar-refractivity contribution in [3.63, 3.8) is 0 Å². The van der Waals surface area contributed by atoms with Crippen LogP contribution in [0, 0.1) is 10.1 Å². The first-order valence-electron chi connectivity index (χ1n) is 7.44. The molecule has 1 saturated heterocycles. The standard InChI is InChI=1S/C17H18N2O4/c1-12-9-10-22-17(23-12,13-5-3-2-4-6-13)14-7-8-15(18)16(11-14)19(20)21/h2-8,11-12H,9-10,18H2,1H3. The van der Waals surface area contributed by atoms with Gasteiger partial charge in [0, 0.05) is 17.2 Å². The van der Waals surface area contributed by atoms with Gasteiger partial charge in [-0.1, -0.05) is 36.4 Å². The van der Waals surface area contributed by atoms with Gasteiger partial charge in [-0.3, -0.25) is 10.1 Å². The number of nitro benzene ring substituents is 1. The summed E-state index contributed by atoms with van der Waals surface area (Å²) in [6, 6.07) is 14.1. The van der Waals surface area contributed by atoms with Crippen LogP contribution in [0.2, 0.25) is 0 Å². The van der Waals surface area contributed by atoms with E-state index in [9.17, 15) is 10.1 Å². The predicted octanol–water partition coefficient (Wildman–Crippen LogP) is 3.20. The van der Waals surface area contributed by atoms with Crippen LogP contribution in [0.3, 0.4) is 0 Å². The minimum Gasteiger partial charge on any atom is -0.393 e. The molecular formula is C17H18N2O4. The second-order valence-electron chi connectivity index (χ2n) is 5.58. The van der Waals surface area contributed by atoms with Crippen molar-refractivity contribution in [3.8, 4) is 0 Å². The largest absolute Gasteiger partial charge is 0.393 e. The Labute approximate surface area is 134 Å². The Bertz CT molecular complexity index is 720. The summed E-state index contributed by atoms with van der Waals surface area (Å²) >= 11 is 0. The second kappa shape index (κ2) is 5.98. The molecule has 6 heteroatoms. The maximum Gasteiger partial charge on any atom is 0.292 e. The number of anilines is 1. The van der Waals surface area contributed by atoms with Crippen molar-refractivity contribution >= 4 is 11.4 Å². The molecule has 0 aromatic heterocycles. The van der Waals surface area contributed by atoms with E-state index in [2.05, 4.69) is 0 Å². The van der Waals surface area contributed by atoms with Crippen LogP contribution in [0.25, 0.3) is 0 Å². The lowest BCUT2D eigenvalue weighted by atomic mass is 9.94. The maximum absolute atomic E-state index is 11.2. The van der Waals surface area contributed by atoms with Gasteiger partial charge in [0.25, 0.3) is 5.69 Å². The Kier molecular flexibility index (Phi) is 4.02. The van der Waals surface area contributed by atoms with Crippen molar-refractivity contribution in [1.82, 2.24) is 0 Å². The molecule has 2 aromatic carbocycles. The molecule has 3 rings (SSSR count). The molecule has 0 saturated carbocycles. The number of hydrogen-bond donors (Lipinski definition) is 1. The van der Waals surface area contributed by atoms with Crippen molar-refractivity contribution in [2.45, 2.75) is 25.2 Å². The van der Waals surface area contributed by atoms with E-state index in [1.165, 1.54) is 12.1 Å². The molecule has 23 heavy (non-hydrogen) atoms. The van der Waals surface area contributed by atoms with Crippen LogP contribution >= 0.6 is 0 Å². The quantitative estimate of drug-likeness (QED) is 0.534. The molecule has 2 aromatic rings. The number of nitro groups is 1. The van der Waals surface area contributed by atoms with Gasteiger partial charge in [0.1, 0.15) is 5.69 Å². The summed E-state index contributed by atoms with van der Waals surface area (Å²) in [5, 5.41) is 11.2. The van der Waals surface area contributed by atoms with Crippen molar-refractivity contribution in [3.05, 3.63) is 69.8 Å². The Morgan fingerprint density at radius 2 is 1.96 bits per heavy atom. The van der Waals surface area contributed by atoms with Gasteiger partial charge < -0.3 is 15.2 Å². The highest BCUT2D eigenvalue weighted by atomic mass is 16.7. The lowest BCUT2D eigenvalue weighted by Gasteiger charge is -2.40. The zero-order valence-electron chi connectivity index (χ0n) is 12.8. The van der Waals surface area contributed by atoms with Crippen molar-refractivity contribution in [1.29, 1.82) is 0 Å². The van der Waals surface area contributed by atoms with Crippen LogP contribution < -0.4 is 5.73 Å². The molecule has 0 aliphatic carbocycles. The van der Waals surface area contributed by atoms with Gasteiger partial charge in [0.15, 0.2) is 0 Å². The topological polar surface area (TPSA) is 87.6 Å². The summed E-state index contributed by atoms with van der Waals surface area (Å²) in [6.45, 7) is 2.47. The van der Waals surface area contributed by atoms with Gasteiger partial charge in [-0.2, -0.15) is 0 Å². The average Bonchev–Trinajstić information content (AvgIpc) is 2.55. The monoisotopic (exact) mass is 314 g/mol. The van der Waals surface area contributed by atoms with E-state index in [1.54, 1.807) is 6.07 Å². The molecule has 0 amide bonds. The molecule has 2 N–H and O–H groups in total. The molecule has 6 nitrogen and oxygen atoms in total. The number of nitrogens with two attached hydrogens (primary N) is 1. The Hall–Kier alpha value is -2.44. The first kappa shape index (κ1) is 15.5. The summed E-state index contributed by atoms with van der Waals surface area (Å²) in [4.78, 5) is 10.7. The molecule has 2 atom stereocenters. The van der Waals surface area contributed by atoms with E-state index in [4.69, 9.17) is 15.2 Å². The van der Waals surface area contributed by atoms with Crippen LogP contribution in [0.4, 0.5) is 11.4 Å². The van der Waals surface area contributed by atoms with Crippen LogP contribution in [0.5, 0.6) is 0 Å². The van der Waals surface area contributed by atoms with Gasteiger partial charge in [0.2, 0.25) is 5.79 Å². The highest BCUT2D eigenvalue weighted by molar-refractivity contribution is 5.60. The Balaban J connectivity index is 2.17. The second-order valence-corrected chi connectivity index (χ2v) is 5.58. The van der Waals surface area contributed by atoms with E-state index in [1.807, 2.05) is 37.3 Å². The predicted molar refractivity (Wildman–Crippen MR) is 85.8 cm³/mol. The number of hydrogen-bond acceptors (Lipinski definition) is 5. The van der Waals surface area contributed by atoms with E-state index < -0.39 is 10.7 Å². The minimum atomic E-state index is -1.16. The van der Waals surface area contributed by atoms with E-state index >= 15 is 0 Å². The van der Waals surface area contributed by atoms with Crippen LogP contribution in [0.1, 0.15) is 24.5 Å². The van der Waals surface area contributed by atoms with Crippen LogP contribution in [-0.2, 0) is 15.3 Å². The Morgan fingerprint density at radius 3 is 2.61 bits per heavy atom. The van der Waals surface area contributed by atoms with Crippen LogP contribution in [-0.4, -0.2) is 17.6 Å². The smallest absolute Gasteiger partial charge is 0.292 e. The molecule has 1 fully saturated rings. The molecule has 1 aliphatic rings. The first-order valence-corrected chi connectivity index (χ1v) is 7.44. The zero-order valence-corrected chi connectivity index (χ0v) is 12.8. The van der Waals surface area contributed by atoms with Gasteiger partial charge in [-0.15, -0.1) is 0 Å². The number of nitrogen functional groups attached to an aromatic ring is 1. The van der Waals surface area contributed by atoms with Gasteiger partial charge in [-0.25, -0.2) is 0 Å². The van der Waals surface area contributed by atoms with Crippen molar-refractivity contribution in [2.24, 2.45) is 0 Å². The SMILES string of the molecule is CC1CCOC(c2ccccc2)(c2ccc(N)c([N+](=O)[O-])c2)O1. The summed E-state index contributed by atoms with van der Waals surface area (Å²) in [5.74, 6) is -1.16. The minimum absolute atomic E-state index is 0.0273. The fourth-order valence-corrected chi connectivity index (χ4v) is 2.78. The third-order valence-corrected chi connectivity index (χ3v) is 3.96. The summed E-state index contributed by atoms with van der Waals surface area (Å²) in [7, 11) is 0.